The summed E-state index contributed by atoms with van der Waals surface area (Å²) in [6.07, 6.45) is 0.736. The standard InChI is InChI=1S/C15H15ClN2OS/c1-9(13-6-7-14(16)20-13)17-15(19)12-8-10-4-2-3-5-11(10)18-12/h2-7,9,12,18H,8H2,1H3,(H,17,19)/t9?,12-/m0/s1. The van der Waals surface area contributed by atoms with Crippen molar-refractivity contribution in [2.24, 2.45) is 0 Å². The van der Waals surface area contributed by atoms with E-state index in [4.69, 9.17) is 11.6 Å². The maximum atomic E-state index is 12.3. The molecule has 1 aliphatic heterocycles. The van der Waals surface area contributed by atoms with Gasteiger partial charge in [-0.05, 0) is 30.7 Å². The first-order chi connectivity index (χ1) is 9.63. The summed E-state index contributed by atoms with van der Waals surface area (Å²) in [6, 6.07) is 11.6. The van der Waals surface area contributed by atoms with Gasteiger partial charge in [-0.15, -0.1) is 11.3 Å². The zero-order chi connectivity index (χ0) is 14.1. The molecule has 0 saturated carbocycles. The summed E-state index contributed by atoms with van der Waals surface area (Å²) < 4.78 is 0.743. The number of amides is 1. The van der Waals surface area contributed by atoms with E-state index < -0.39 is 0 Å². The molecule has 1 aliphatic rings. The minimum absolute atomic E-state index is 0.0227. The number of halogens is 1. The van der Waals surface area contributed by atoms with E-state index in [0.717, 1.165) is 21.3 Å². The lowest BCUT2D eigenvalue weighted by molar-refractivity contribution is -0.122. The molecule has 5 heteroatoms. The molecule has 2 atom stereocenters. The van der Waals surface area contributed by atoms with Gasteiger partial charge in [-0.1, -0.05) is 29.8 Å². The predicted molar refractivity (Wildman–Crippen MR) is 83.4 cm³/mol. The molecular formula is C15H15ClN2OS. The van der Waals surface area contributed by atoms with Crippen molar-refractivity contribution < 1.29 is 4.79 Å². The smallest absolute Gasteiger partial charge is 0.243 e. The van der Waals surface area contributed by atoms with Gasteiger partial charge in [-0.3, -0.25) is 4.79 Å². The van der Waals surface area contributed by atoms with Crippen molar-refractivity contribution in [1.29, 1.82) is 0 Å². The molecule has 0 fully saturated rings. The fourth-order valence-electron chi connectivity index (χ4n) is 2.40. The van der Waals surface area contributed by atoms with Gasteiger partial charge in [0.1, 0.15) is 6.04 Å². The molecule has 3 rings (SSSR count). The fraction of sp³-hybridized carbons (Fsp3) is 0.267. The molecule has 0 aliphatic carbocycles. The molecule has 1 aromatic heterocycles. The Morgan fingerprint density at radius 3 is 2.90 bits per heavy atom. The summed E-state index contributed by atoms with van der Waals surface area (Å²) in [5.41, 5.74) is 2.25. The zero-order valence-electron chi connectivity index (χ0n) is 11.0. The molecule has 2 heterocycles. The Hall–Kier alpha value is -1.52. The molecule has 1 unspecified atom stereocenters. The van der Waals surface area contributed by atoms with Gasteiger partial charge in [0, 0.05) is 17.0 Å². The van der Waals surface area contributed by atoms with E-state index in [9.17, 15) is 4.79 Å². The number of thiophene rings is 1. The van der Waals surface area contributed by atoms with Crippen LogP contribution in [-0.2, 0) is 11.2 Å². The Bertz CT molecular complexity index is 615. The maximum absolute atomic E-state index is 12.3. The summed E-state index contributed by atoms with van der Waals surface area (Å²) >= 11 is 7.42. The normalized spacial score (nSPS) is 18.2. The Morgan fingerprint density at radius 1 is 1.40 bits per heavy atom. The van der Waals surface area contributed by atoms with Crippen LogP contribution in [0.3, 0.4) is 0 Å². The van der Waals surface area contributed by atoms with Crippen molar-refractivity contribution in [1.82, 2.24) is 5.32 Å². The number of anilines is 1. The Labute approximate surface area is 127 Å². The van der Waals surface area contributed by atoms with E-state index >= 15 is 0 Å². The van der Waals surface area contributed by atoms with Crippen molar-refractivity contribution >= 4 is 34.5 Å². The molecule has 0 saturated heterocycles. The van der Waals surface area contributed by atoms with E-state index in [2.05, 4.69) is 16.7 Å². The highest BCUT2D eigenvalue weighted by molar-refractivity contribution is 7.16. The van der Waals surface area contributed by atoms with E-state index in [-0.39, 0.29) is 18.0 Å². The summed E-state index contributed by atoms with van der Waals surface area (Å²) in [5, 5.41) is 6.30. The number of benzene rings is 1. The fourth-order valence-corrected chi connectivity index (χ4v) is 3.47. The molecule has 3 nitrogen and oxygen atoms in total. The van der Waals surface area contributed by atoms with Gasteiger partial charge < -0.3 is 10.6 Å². The van der Waals surface area contributed by atoms with Gasteiger partial charge in [-0.25, -0.2) is 0 Å². The largest absolute Gasteiger partial charge is 0.373 e. The van der Waals surface area contributed by atoms with Crippen LogP contribution in [0.15, 0.2) is 36.4 Å². The molecule has 0 bridgehead atoms. The van der Waals surface area contributed by atoms with E-state index in [1.807, 2.05) is 37.3 Å². The highest BCUT2D eigenvalue weighted by Gasteiger charge is 2.27. The third kappa shape index (κ3) is 2.67. The minimum Gasteiger partial charge on any atom is -0.373 e. The van der Waals surface area contributed by atoms with Gasteiger partial charge in [-0.2, -0.15) is 0 Å². The van der Waals surface area contributed by atoms with Crippen LogP contribution in [0.4, 0.5) is 5.69 Å². The van der Waals surface area contributed by atoms with Gasteiger partial charge in [0.05, 0.1) is 10.4 Å². The lowest BCUT2D eigenvalue weighted by Crippen LogP contribution is -2.39. The molecule has 104 valence electrons. The van der Waals surface area contributed by atoms with Gasteiger partial charge >= 0.3 is 0 Å². The number of carbonyl (C=O) groups is 1. The summed E-state index contributed by atoms with van der Waals surface area (Å²) in [5.74, 6) is 0.0261. The molecule has 0 radical (unpaired) electrons. The first-order valence-corrected chi connectivity index (χ1v) is 7.73. The number of fused-ring (bicyclic) bond motifs is 1. The molecule has 1 aromatic carbocycles. The highest BCUT2D eigenvalue weighted by atomic mass is 35.5. The van der Waals surface area contributed by atoms with E-state index in [0.29, 0.717) is 0 Å². The second-order valence-electron chi connectivity index (χ2n) is 4.93. The minimum atomic E-state index is -0.190. The first kappa shape index (κ1) is 13.5. The molecular weight excluding hydrogens is 292 g/mol. The number of hydrogen-bond donors (Lipinski definition) is 2. The van der Waals surface area contributed by atoms with Crippen LogP contribution in [-0.4, -0.2) is 11.9 Å². The average molecular weight is 307 g/mol. The maximum Gasteiger partial charge on any atom is 0.243 e. The number of rotatable bonds is 3. The third-order valence-corrected chi connectivity index (χ3v) is 4.88. The number of nitrogens with one attached hydrogen (secondary N) is 2. The van der Waals surface area contributed by atoms with Crippen LogP contribution in [0.5, 0.6) is 0 Å². The van der Waals surface area contributed by atoms with Crippen molar-refractivity contribution in [3.8, 4) is 0 Å². The van der Waals surface area contributed by atoms with Crippen molar-refractivity contribution in [2.75, 3.05) is 5.32 Å². The van der Waals surface area contributed by atoms with E-state index in [1.165, 1.54) is 16.9 Å². The summed E-state index contributed by atoms with van der Waals surface area (Å²) in [7, 11) is 0. The average Bonchev–Trinajstić information content (AvgIpc) is 3.04. The summed E-state index contributed by atoms with van der Waals surface area (Å²) in [4.78, 5) is 13.4. The van der Waals surface area contributed by atoms with Gasteiger partial charge in [0.2, 0.25) is 5.91 Å². The lowest BCUT2D eigenvalue weighted by atomic mass is 10.1. The number of para-hydroxylation sites is 1. The molecule has 1 amide bonds. The monoisotopic (exact) mass is 306 g/mol. The number of carbonyl (C=O) groups excluding carboxylic acids is 1. The van der Waals surface area contributed by atoms with Crippen LogP contribution < -0.4 is 10.6 Å². The molecule has 0 spiro atoms. The molecule has 2 aromatic rings. The zero-order valence-corrected chi connectivity index (χ0v) is 12.6. The second-order valence-corrected chi connectivity index (χ2v) is 6.68. The van der Waals surface area contributed by atoms with Crippen LogP contribution in [0.25, 0.3) is 0 Å². The Balaban J connectivity index is 1.64. The first-order valence-electron chi connectivity index (χ1n) is 6.53. The summed E-state index contributed by atoms with van der Waals surface area (Å²) in [6.45, 7) is 1.97. The van der Waals surface area contributed by atoms with Crippen molar-refractivity contribution in [2.45, 2.75) is 25.4 Å². The van der Waals surface area contributed by atoms with Crippen LogP contribution >= 0.6 is 22.9 Å². The predicted octanol–water partition coefficient (Wildman–Crippen LogP) is 3.62. The third-order valence-electron chi connectivity index (χ3n) is 3.47. The van der Waals surface area contributed by atoms with Crippen LogP contribution in [0.2, 0.25) is 4.34 Å². The lowest BCUT2D eigenvalue weighted by Gasteiger charge is -2.16. The van der Waals surface area contributed by atoms with Crippen molar-refractivity contribution in [3.63, 3.8) is 0 Å². The SMILES string of the molecule is CC(NC(=O)[C@@H]1Cc2ccccc2N1)c1ccc(Cl)s1. The molecule has 20 heavy (non-hydrogen) atoms. The van der Waals surface area contributed by atoms with Gasteiger partial charge in [0.15, 0.2) is 0 Å². The van der Waals surface area contributed by atoms with E-state index in [1.54, 1.807) is 0 Å². The quantitative estimate of drug-likeness (QED) is 0.909. The number of hydrogen-bond acceptors (Lipinski definition) is 3. The Kier molecular flexibility index (Phi) is 3.68. The van der Waals surface area contributed by atoms with Crippen molar-refractivity contribution in [3.05, 3.63) is 51.2 Å². The molecule has 2 N–H and O–H groups in total. The Morgan fingerprint density at radius 2 is 2.20 bits per heavy atom. The highest BCUT2D eigenvalue weighted by Crippen LogP contribution is 2.28. The topological polar surface area (TPSA) is 41.1 Å². The second kappa shape index (κ2) is 5.46. The van der Waals surface area contributed by atoms with Gasteiger partial charge in [0.25, 0.3) is 0 Å². The van der Waals surface area contributed by atoms with Crippen LogP contribution in [0.1, 0.15) is 23.4 Å². The van der Waals surface area contributed by atoms with Crippen LogP contribution in [0, 0.1) is 0 Å².